The third-order valence-corrected chi connectivity index (χ3v) is 4.86. The van der Waals surface area contributed by atoms with E-state index in [4.69, 9.17) is 0 Å². The van der Waals surface area contributed by atoms with E-state index >= 15 is 0 Å². The fourth-order valence-electron chi connectivity index (χ4n) is 3.27. The Bertz CT molecular complexity index is 629. The third-order valence-electron chi connectivity index (χ3n) is 4.86. The Labute approximate surface area is 148 Å². The van der Waals surface area contributed by atoms with Gasteiger partial charge in [-0.3, -0.25) is 14.6 Å². The molecule has 0 spiro atoms. The van der Waals surface area contributed by atoms with Crippen LogP contribution in [0.5, 0.6) is 0 Å². The minimum absolute atomic E-state index is 0.00264. The topological polar surface area (TPSA) is 76.1 Å². The molecule has 0 saturated carbocycles. The quantitative estimate of drug-likeness (QED) is 0.825. The number of piperazine rings is 1. The molecule has 0 bridgehead atoms. The lowest BCUT2D eigenvalue weighted by Gasteiger charge is -2.35. The Morgan fingerprint density at radius 2 is 2.00 bits per heavy atom. The summed E-state index contributed by atoms with van der Waals surface area (Å²) in [4.78, 5) is 30.3. The lowest BCUT2D eigenvalue weighted by Crippen LogP contribution is -2.50. The number of carbonyl (C=O) groups excluding carboxylic acids is 2. The van der Waals surface area contributed by atoms with Crippen LogP contribution < -0.4 is 10.2 Å². The van der Waals surface area contributed by atoms with Crippen molar-refractivity contribution >= 4 is 17.6 Å². The Morgan fingerprint density at radius 3 is 2.64 bits per heavy atom. The fraction of sp³-hybridized carbons (Fsp3) is 0.556. The number of hydrogen-bond donors (Lipinski definition) is 2. The first-order chi connectivity index (χ1) is 12.1. The number of rotatable bonds is 5. The first-order valence-corrected chi connectivity index (χ1v) is 8.93. The molecule has 1 atom stereocenters. The van der Waals surface area contributed by atoms with Gasteiger partial charge in [-0.25, -0.2) is 4.79 Å². The van der Waals surface area contributed by atoms with Crippen molar-refractivity contribution in [2.75, 3.05) is 50.7 Å². The molecule has 0 aliphatic carbocycles. The fourth-order valence-corrected chi connectivity index (χ4v) is 3.27. The Balaban J connectivity index is 1.61. The van der Waals surface area contributed by atoms with Crippen LogP contribution in [0.15, 0.2) is 24.3 Å². The lowest BCUT2D eigenvalue weighted by molar-refractivity contribution is 0.0523. The van der Waals surface area contributed by atoms with Gasteiger partial charge in [0.15, 0.2) is 0 Å². The van der Waals surface area contributed by atoms with Crippen LogP contribution in [-0.2, 0) is 0 Å². The van der Waals surface area contributed by atoms with Crippen molar-refractivity contribution in [2.24, 2.45) is 0 Å². The smallest absolute Gasteiger partial charge is 0.321 e. The van der Waals surface area contributed by atoms with Crippen LogP contribution in [0.4, 0.5) is 10.5 Å². The van der Waals surface area contributed by atoms with E-state index in [1.54, 1.807) is 17.0 Å². The van der Waals surface area contributed by atoms with Crippen LogP contribution in [0, 0.1) is 0 Å². The van der Waals surface area contributed by atoms with Gasteiger partial charge in [0.25, 0.3) is 5.91 Å². The summed E-state index contributed by atoms with van der Waals surface area (Å²) in [6.07, 6.45) is 0.446. The van der Waals surface area contributed by atoms with Gasteiger partial charge in [-0.1, -0.05) is 13.0 Å². The SMILES string of the molecule is CC[C@@H](O)CN1CCN(C(=O)c2cccc(N3CCNC3=O)c2)CC1. The van der Waals surface area contributed by atoms with Gasteiger partial charge >= 0.3 is 6.03 Å². The van der Waals surface area contributed by atoms with E-state index < -0.39 is 0 Å². The van der Waals surface area contributed by atoms with Gasteiger partial charge in [0.05, 0.1) is 6.10 Å². The van der Waals surface area contributed by atoms with Crippen molar-refractivity contribution < 1.29 is 14.7 Å². The van der Waals surface area contributed by atoms with E-state index in [1.165, 1.54) is 0 Å². The molecule has 2 fully saturated rings. The van der Waals surface area contributed by atoms with E-state index in [0.717, 1.165) is 25.2 Å². The van der Waals surface area contributed by atoms with Crippen LogP contribution >= 0.6 is 0 Å². The molecule has 0 aromatic heterocycles. The molecule has 2 aliphatic heterocycles. The maximum absolute atomic E-state index is 12.8. The molecule has 2 heterocycles. The molecule has 0 unspecified atom stereocenters. The maximum atomic E-state index is 12.8. The monoisotopic (exact) mass is 346 g/mol. The predicted molar refractivity (Wildman–Crippen MR) is 95.8 cm³/mol. The summed E-state index contributed by atoms with van der Waals surface area (Å²) in [6.45, 7) is 6.75. The van der Waals surface area contributed by atoms with Crippen molar-refractivity contribution in [3.05, 3.63) is 29.8 Å². The minimum atomic E-state index is -0.300. The van der Waals surface area contributed by atoms with Gasteiger partial charge in [0.1, 0.15) is 0 Å². The molecule has 2 N–H and O–H groups in total. The largest absolute Gasteiger partial charge is 0.392 e. The zero-order valence-corrected chi connectivity index (χ0v) is 14.6. The molecule has 7 heteroatoms. The van der Waals surface area contributed by atoms with Gasteiger partial charge in [0.2, 0.25) is 0 Å². The van der Waals surface area contributed by atoms with E-state index in [0.29, 0.717) is 38.3 Å². The molecule has 3 amide bonds. The van der Waals surface area contributed by atoms with Gasteiger partial charge in [-0.15, -0.1) is 0 Å². The number of urea groups is 1. The maximum Gasteiger partial charge on any atom is 0.321 e. The molecule has 1 aromatic rings. The van der Waals surface area contributed by atoms with Crippen LogP contribution in [0.3, 0.4) is 0 Å². The van der Waals surface area contributed by atoms with Crippen LogP contribution in [0.1, 0.15) is 23.7 Å². The summed E-state index contributed by atoms with van der Waals surface area (Å²) in [6, 6.07) is 7.15. The van der Waals surface area contributed by atoms with Crippen molar-refractivity contribution in [3.8, 4) is 0 Å². The molecule has 1 aromatic carbocycles. The Kier molecular flexibility index (Phi) is 5.55. The number of nitrogens with one attached hydrogen (secondary N) is 1. The average Bonchev–Trinajstić information content (AvgIpc) is 3.08. The van der Waals surface area contributed by atoms with Gasteiger partial charge in [-0.05, 0) is 24.6 Å². The summed E-state index contributed by atoms with van der Waals surface area (Å²) in [5.74, 6) is -0.00264. The molecule has 2 aliphatic rings. The standard InChI is InChI=1S/C18H26N4O3/c1-2-16(23)13-20-8-10-21(11-9-20)17(24)14-4-3-5-15(12-14)22-7-6-19-18(22)25/h3-5,12,16,23H,2,6-11,13H2,1H3,(H,19,25)/t16-/m1/s1. The zero-order valence-electron chi connectivity index (χ0n) is 14.6. The first-order valence-electron chi connectivity index (χ1n) is 8.93. The summed E-state index contributed by atoms with van der Waals surface area (Å²) >= 11 is 0. The lowest BCUT2D eigenvalue weighted by atomic mass is 10.1. The predicted octanol–water partition coefficient (Wildman–Crippen LogP) is 0.745. The second-order valence-corrected chi connectivity index (χ2v) is 6.59. The zero-order chi connectivity index (χ0) is 17.8. The molecule has 2 saturated heterocycles. The van der Waals surface area contributed by atoms with Gasteiger partial charge < -0.3 is 15.3 Å². The molecule has 25 heavy (non-hydrogen) atoms. The van der Waals surface area contributed by atoms with Crippen molar-refractivity contribution in [2.45, 2.75) is 19.4 Å². The molecule has 136 valence electrons. The van der Waals surface area contributed by atoms with E-state index in [1.807, 2.05) is 24.0 Å². The highest BCUT2D eigenvalue weighted by Gasteiger charge is 2.25. The summed E-state index contributed by atoms with van der Waals surface area (Å²) in [5, 5.41) is 12.5. The van der Waals surface area contributed by atoms with Crippen LogP contribution in [0.2, 0.25) is 0 Å². The molecular weight excluding hydrogens is 320 g/mol. The average molecular weight is 346 g/mol. The Hall–Kier alpha value is -2.12. The number of hydrogen-bond acceptors (Lipinski definition) is 4. The second kappa shape index (κ2) is 7.84. The number of nitrogens with zero attached hydrogens (tertiary/aromatic N) is 3. The number of benzene rings is 1. The van der Waals surface area contributed by atoms with Crippen molar-refractivity contribution in [3.63, 3.8) is 0 Å². The highest BCUT2D eigenvalue weighted by Crippen LogP contribution is 2.19. The van der Waals surface area contributed by atoms with Crippen molar-refractivity contribution in [1.82, 2.24) is 15.1 Å². The number of amides is 3. The summed E-state index contributed by atoms with van der Waals surface area (Å²) < 4.78 is 0. The minimum Gasteiger partial charge on any atom is -0.392 e. The second-order valence-electron chi connectivity index (χ2n) is 6.59. The van der Waals surface area contributed by atoms with E-state index in [-0.39, 0.29) is 18.0 Å². The van der Waals surface area contributed by atoms with Gasteiger partial charge in [0, 0.05) is 57.1 Å². The molecular formula is C18H26N4O3. The summed E-state index contributed by atoms with van der Waals surface area (Å²) in [5.41, 5.74) is 1.37. The van der Waals surface area contributed by atoms with Crippen LogP contribution in [0.25, 0.3) is 0 Å². The van der Waals surface area contributed by atoms with E-state index in [9.17, 15) is 14.7 Å². The Morgan fingerprint density at radius 1 is 1.24 bits per heavy atom. The number of carbonyl (C=O) groups is 2. The highest BCUT2D eigenvalue weighted by atomic mass is 16.3. The highest BCUT2D eigenvalue weighted by molar-refractivity contribution is 5.98. The summed E-state index contributed by atoms with van der Waals surface area (Å²) in [7, 11) is 0. The van der Waals surface area contributed by atoms with Gasteiger partial charge in [-0.2, -0.15) is 0 Å². The molecule has 3 rings (SSSR count). The molecule has 0 radical (unpaired) electrons. The normalized spacial score (nSPS) is 19.8. The first kappa shape index (κ1) is 17.7. The number of anilines is 1. The number of β-amino-alcohol motifs (C(OH)–C–C–N with tert-alkyl or cyclic N) is 1. The number of aliphatic hydroxyl groups is 1. The van der Waals surface area contributed by atoms with Crippen molar-refractivity contribution in [1.29, 1.82) is 0 Å². The molecule has 7 nitrogen and oxygen atoms in total. The van der Waals surface area contributed by atoms with Crippen LogP contribution in [-0.4, -0.2) is 78.8 Å². The third kappa shape index (κ3) is 4.11. The number of aliphatic hydroxyl groups excluding tert-OH is 1. The van der Waals surface area contributed by atoms with E-state index in [2.05, 4.69) is 10.2 Å².